The second-order valence-corrected chi connectivity index (χ2v) is 3.94. The van der Waals surface area contributed by atoms with Gasteiger partial charge in [0, 0.05) is 10.5 Å². The lowest BCUT2D eigenvalue weighted by Gasteiger charge is -2.07. The highest BCUT2D eigenvalue weighted by atomic mass is 79.9. The van der Waals surface area contributed by atoms with Crippen molar-refractivity contribution >= 4 is 15.9 Å². The molecule has 0 radical (unpaired) electrons. The van der Waals surface area contributed by atoms with Crippen molar-refractivity contribution in [3.8, 4) is 0 Å². The lowest BCUT2D eigenvalue weighted by molar-refractivity contribution is 0.111. The van der Waals surface area contributed by atoms with Crippen LogP contribution < -0.4 is 5.73 Å². The molecule has 2 N–H and O–H groups in total. The quantitative estimate of drug-likeness (QED) is 0.882. The molecule has 3 heteroatoms. The number of hydrogen-bond donors (Lipinski definition) is 1. The molecule has 2 nitrogen and oxygen atoms in total. The van der Waals surface area contributed by atoms with Crippen LogP contribution in [-0.2, 0) is 11.3 Å². The van der Waals surface area contributed by atoms with Gasteiger partial charge in [-0.25, -0.2) is 0 Å². The third-order valence-corrected chi connectivity index (χ3v) is 2.37. The van der Waals surface area contributed by atoms with Gasteiger partial charge in [-0.15, -0.1) is 0 Å². The Morgan fingerprint density at radius 1 is 1.46 bits per heavy atom. The highest BCUT2D eigenvalue weighted by Gasteiger charge is 1.99. The van der Waals surface area contributed by atoms with Crippen molar-refractivity contribution in [2.45, 2.75) is 19.6 Å². The zero-order chi connectivity index (χ0) is 9.68. The Kier molecular flexibility index (Phi) is 4.42. The Labute approximate surface area is 87.2 Å². The number of ether oxygens (including phenoxy) is 1. The van der Waals surface area contributed by atoms with E-state index in [2.05, 4.69) is 15.9 Å². The number of hydrogen-bond acceptors (Lipinski definition) is 2. The summed E-state index contributed by atoms with van der Waals surface area (Å²) < 4.78 is 6.49. The second-order valence-electron chi connectivity index (χ2n) is 3.08. The maximum atomic E-state index is 5.56. The molecule has 0 fully saturated rings. The first kappa shape index (κ1) is 10.7. The summed E-state index contributed by atoms with van der Waals surface area (Å²) in [6.45, 7) is 3.14. The first-order valence-corrected chi connectivity index (χ1v) is 5.06. The Bertz CT molecular complexity index is 263. The molecule has 0 bridgehead atoms. The molecule has 0 aromatic heterocycles. The van der Waals surface area contributed by atoms with E-state index in [9.17, 15) is 0 Å². The van der Waals surface area contributed by atoms with Gasteiger partial charge in [0.05, 0.1) is 13.2 Å². The van der Waals surface area contributed by atoms with Gasteiger partial charge in [-0.2, -0.15) is 0 Å². The highest BCUT2D eigenvalue weighted by Crippen LogP contribution is 2.16. The van der Waals surface area contributed by atoms with Crippen LogP contribution in [0.1, 0.15) is 12.5 Å². The van der Waals surface area contributed by atoms with Gasteiger partial charge in [-0.05, 0) is 18.6 Å². The van der Waals surface area contributed by atoms with E-state index in [-0.39, 0.29) is 6.04 Å². The Morgan fingerprint density at radius 2 is 2.15 bits per heavy atom. The topological polar surface area (TPSA) is 35.2 Å². The summed E-state index contributed by atoms with van der Waals surface area (Å²) in [5.74, 6) is 0. The predicted molar refractivity (Wildman–Crippen MR) is 57.4 cm³/mol. The van der Waals surface area contributed by atoms with Crippen molar-refractivity contribution in [3.05, 3.63) is 34.3 Å². The fraction of sp³-hybridized carbons (Fsp3) is 0.400. The molecule has 0 unspecified atom stereocenters. The zero-order valence-corrected chi connectivity index (χ0v) is 9.25. The molecule has 1 rings (SSSR count). The average molecular weight is 244 g/mol. The summed E-state index contributed by atoms with van der Waals surface area (Å²) in [5, 5.41) is 0. The molecule has 1 atom stereocenters. The van der Waals surface area contributed by atoms with Gasteiger partial charge in [0.2, 0.25) is 0 Å². The van der Waals surface area contributed by atoms with E-state index in [4.69, 9.17) is 10.5 Å². The monoisotopic (exact) mass is 243 g/mol. The van der Waals surface area contributed by atoms with E-state index in [0.29, 0.717) is 13.2 Å². The Morgan fingerprint density at radius 3 is 2.77 bits per heavy atom. The molecule has 0 saturated heterocycles. The largest absolute Gasteiger partial charge is 0.375 e. The van der Waals surface area contributed by atoms with Gasteiger partial charge in [0.1, 0.15) is 0 Å². The predicted octanol–water partition coefficient (Wildman–Crippen LogP) is 2.31. The van der Waals surface area contributed by atoms with Crippen molar-refractivity contribution < 1.29 is 4.74 Å². The third kappa shape index (κ3) is 3.89. The standard InChI is InChI=1S/C10H14BrNO/c1-8(12)6-13-7-9-4-2-3-5-10(9)11/h2-5,8H,6-7,12H2,1H3/t8-/m1/s1. The lowest BCUT2D eigenvalue weighted by Crippen LogP contribution is -2.21. The molecule has 1 aromatic rings. The minimum Gasteiger partial charge on any atom is -0.375 e. The van der Waals surface area contributed by atoms with Crippen LogP contribution in [0.5, 0.6) is 0 Å². The molecule has 0 amide bonds. The molecule has 0 spiro atoms. The smallest absolute Gasteiger partial charge is 0.0728 e. The third-order valence-electron chi connectivity index (χ3n) is 1.60. The molecule has 72 valence electrons. The summed E-state index contributed by atoms with van der Waals surface area (Å²) in [5.41, 5.74) is 6.71. The highest BCUT2D eigenvalue weighted by molar-refractivity contribution is 9.10. The van der Waals surface area contributed by atoms with Crippen LogP contribution in [0.15, 0.2) is 28.7 Å². The van der Waals surface area contributed by atoms with Crippen molar-refractivity contribution in [2.24, 2.45) is 5.73 Å². The molecule has 13 heavy (non-hydrogen) atoms. The SMILES string of the molecule is C[C@@H](N)COCc1ccccc1Br. The average Bonchev–Trinajstić information content (AvgIpc) is 2.08. The van der Waals surface area contributed by atoms with Gasteiger partial charge >= 0.3 is 0 Å². The lowest BCUT2D eigenvalue weighted by atomic mass is 10.2. The Hall–Kier alpha value is -0.380. The summed E-state index contributed by atoms with van der Waals surface area (Å²) in [6, 6.07) is 8.12. The van der Waals surface area contributed by atoms with Gasteiger partial charge in [-0.1, -0.05) is 34.1 Å². The molecule has 1 aromatic carbocycles. The molecular formula is C10H14BrNO. The summed E-state index contributed by atoms with van der Waals surface area (Å²) in [6.07, 6.45) is 0. The van der Waals surface area contributed by atoms with Crippen LogP contribution in [0.25, 0.3) is 0 Å². The fourth-order valence-electron chi connectivity index (χ4n) is 0.970. The van der Waals surface area contributed by atoms with Crippen molar-refractivity contribution in [3.63, 3.8) is 0 Å². The van der Waals surface area contributed by atoms with Gasteiger partial charge in [0.15, 0.2) is 0 Å². The molecule has 0 aliphatic rings. The molecule has 0 aliphatic heterocycles. The van der Waals surface area contributed by atoms with E-state index in [1.807, 2.05) is 31.2 Å². The van der Waals surface area contributed by atoms with Crippen LogP contribution in [0, 0.1) is 0 Å². The normalized spacial score (nSPS) is 12.8. The maximum absolute atomic E-state index is 5.56. The number of nitrogens with two attached hydrogens (primary N) is 1. The summed E-state index contributed by atoms with van der Waals surface area (Å²) >= 11 is 3.45. The molecule has 0 saturated carbocycles. The minimum atomic E-state index is 0.0995. The van der Waals surface area contributed by atoms with Crippen LogP contribution >= 0.6 is 15.9 Å². The Balaban J connectivity index is 2.41. The van der Waals surface area contributed by atoms with E-state index < -0.39 is 0 Å². The maximum Gasteiger partial charge on any atom is 0.0728 e. The van der Waals surface area contributed by atoms with Crippen molar-refractivity contribution in [1.82, 2.24) is 0 Å². The van der Waals surface area contributed by atoms with Crippen LogP contribution in [-0.4, -0.2) is 12.6 Å². The number of benzene rings is 1. The van der Waals surface area contributed by atoms with Gasteiger partial charge in [-0.3, -0.25) is 0 Å². The molecular weight excluding hydrogens is 230 g/mol. The summed E-state index contributed by atoms with van der Waals surface area (Å²) in [7, 11) is 0. The number of rotatable bonds is 4. The van der Waals surface area contributed by atoms with Crippen LogP contribution in [0.4, 0.5) is 0 Å². The summed E-state index contributed by atoms with van der Waals surface area (Å²) in [4.78, 5) is 0. The van der Waals surface area contributed by atoms with E-state index in [0.717, 1.165) is 10.0 Å². The first-order valence-electron chi connectivity index (χ1n) is 4.27. The van der Waals surface area contributed by atoms with Gasteiger partial charge in [0.25, 0.3) is 0 Å². The molecule has 0 aliphatic carbocycles. The second kappa shape index (κ2) is 5.37. The zero-order valence-electron chi connectivity index (χ0n) is 7.66. The van der Waals surface area contributed by atoms with Crippen molar-refractivity contribution in [2.75, 3.05) is 6.61 Å². The van der Waals surface area contributed by atoms with Crippen LogP contribution in [0.3, 0.4) is 0 Å². The van der Waals surface area contributed by atoms with E-state index in [1.54, 1.807) is 0 Å². The van der Waals surface area contributed by atoms with Gasteiger partial charge < -0.3 is 10.5 Å². The van der Waals surface area contributed by atoms with E-state index >= 15 is 0 Å². The van der Waals surface area contributed by atoms with Crippen molar-refractivity contribution in [1.29, 1.82) is 0 Å². The fourth-order valence-corrected chi connectivity index (χ4v) is 1.37. The first-order chi connectivity index (χ1) is 6.20. The number of halogens is 1. The minimum absolute atomic E-state index is 0.0995. The van der Waals surface area contributed by atoms with Crippen LogP contribution in [0.2, 0.25) is 0 Å². The van der Waals surface area contributed by atoms with E-state index in [1.165, 1.54) is 0 Å². The molecule has 0 heterocycles.